The lowest BCUT2D eigenvalue weighted by molar-refractivity contribution is -0.153. The molecule has 6 heteroatoms. The third kappa shape index (κ3) is 3.73. The van der Waals surface area contributed by atoms with Crippen molar-refractivity contribution < 1.29 is 18.3 Å². The van der Waals surface area contributed by atoms with Gasteiger partial charge in [0.2, 0.25) is 0 Å². The Morgan fingerprint density at radius 1 is 1.39 bits per heavy atom. The van der Waals surface area contributed by atoms with Crippen LogP contribution in [0.2, 0.25) is 0 Å². The maximum absolute atomic E-state index is 12.1. The highest BCUT2D eigenvalue weighted by atomic mass is 19.4. The van der Waals surface area contributed by atoms with E-state index in [1.807, 2.05) is 4.68 Å². The van der Waals surface area contributed by atoms with Gasteiger partial charge in [-0.05, 0) is 18.9 Å². The summed E-state index contributed by atoms with van der Waals surface area (Å²) < 4.78 is 38.0. The van der Waals surface area contributed by atoms with Crippen molar-refractivity contribution in [2.75, 3.05) is 0 Å². The summed E-state index contributed by atoms with van der Waals surface area (Å²) in [7, 11) is 0. The molecule has 0 amide bonds. The Kier molecular flexibility index (Phi) is 3.94. The molecule has 0 aromatic carbocycles. The molecule has 1 heterocycles. The molecule has 0 aliphatic heterocycles. The van der Waals surface area contributed by atoms with Gasteiger partial charge in [-0.3, -0.25) is 4.68 Å². The minimum Gasteiger partial charge on any atom is -0.392 e. The smallest absolute Gasteiger partial charge is 0.391 e. The third-order valence-electron chi connectivity index (χ3n) is 3.27. The van der Waals surface area contributed by atoms with Crippen LogP contribution in [0, 0.1) is 0 Å². The monoisotopic (exact) mass is 262 g/mol. The first-order chi connectivity index (χ1) is 8.44. The third-order valence-corrected chi connectivity index (χ3v) is 3.27. The van der Waals surface area contributed by atoms with Crippen molar-refractivity contribution in [3.63, 3.8) is 0 Å². The molecule has 1 aromatic heterocycles. The molecule has 0 radical (unpaired) electrons. The molecule has 2 rings (SSSR count). The molecular weight excluding hydrogens is 245 g/mol. The molecule has 1 aliphatic rings. The fourth-order valence-electron chi connectivity index (χ4n) is 2.44. The van der Waals surface area contributed by atoms with Crippen LogP contribution in [0.3, 0.4) is 0 Å². The lowest BCUT2D eigenvalue weighted by Crippen LogP contribution is -2.21. The Morgan fingerprint density at radius 3 is 2.67 bits per heavy atom. The van der Waals surface area contributed by atoms with Gasteiger partial charge in [0.05, 0.1) is 24.3 Å². The number of aliphatic hydroxyl groups excluding tert-OH is 1. The Morgan fingerprint density at radius 2 is 2.06 bits per heavy atom. The van der Waals surface area contributed by atoms with Crippen LogP contribution in [0.1, 0.15) is 43.8 Å². The number of aromatic nitrogens is 2. The second kappa shape index (κ2) is 5.30. The lowest BCUT2D eigenvalue weighted by Gasteiger charge is -2.12. The lowest BCUT2D eigenvalue weighted by atomic mass is 10.1. The molecule has 1 atom stereocenters. The Balaban J connectivity index is 1.90. The predicted molar refractivity (Wildman–Crippen MR) is 60.1 cm³/mol. The van der Waals surface area contributed by atoms with Crippen molar-refractivity contribution >= 4 is 0 Å². The van der Waals surface area contributed by atoms with Gasteiger partial charge in [0.25, 0.3) is 0 Å². The van der Waals surface area contributed by atoms with Crippen LogP contribution in [0.5, 0.6) is 0 Å². The first kappa shape index (κ1) is 13.4. The van der Waals surface area contributed by atoms with Gasteiger partial charge >= 0.3 is 6.18 Å². The molecule has 1 unspecified atom stereocenters. The van der Waals surface area contributed by atoms with Crippen molar-refractivity contribution in [2.24, 2.45) is 0 Å². The topological polar surface area (TPSA) is 38.0 Å². The number of hydrogen-bond acceptors (Lipinski definition) is 2. The van der Waals surface area contributed by atoms with Crippen LogP contribution in [0.25, 0.3) is 0 Å². The van der Waals surface area contributed by atoms with Gasteiger partial charge in [-0.25, -0.2) is 0 Å². The molecule has 1 N–H and O–H groups in total. The molecule has 0 saturated heterocycles. The highest BCUT2D eigenvalue weighted by molar-refractivity contribution is 5.02. The zero-order valence-electron chi connectivity index (χ0n) is 10.0. The van der Waals surface area contributed by atoms with Crippen molar-refractivity contribution in [1.82, 2.24) is 9.78 Å². The van der Waals surface area contributed by atoms with E-state index in [-0.39, 0.29) is 6.42 Å². The zero-order chi connectivity index (χ0) is 13.2. The minimum absolute atomic E-state index is 0.0424. The molecule has 1 saturated carbocycles. The van der Waals surface area contributed by atoms with E-state index < -0.39 is 18.7 Å². The normalized spacial score (nSPS) is 19.3. The molecule has 1 aliphatic carbocycles. The van der Waals surface area contributed by atoms with E-state index in [0.717, 1.165) is 12.8 Å². The van der Waals surface area contributed by atoms with Gasteiger partial charge in [0.1, 0.15) is 0 Å². The second-order valence-electron chi connectivity index (χ2n) is 4.90. The van der Waals surface area contributed by atoms with Crippen molar-refractivity contribution in [2.45, 2.75) is 56.8 Å². The van der Waals surface area contributed by atoms with Crippen LogP contribution in [0.15, 0.2) is 12.3 Å². The summed E-state index contributed by atoms with van der Waals surface area (Å²) in [6, 6.07) is 2.07. The molecule has 3 nitrogen and oxygen atoms in total. The maximum Gasteiger partial charge on any atom is 0.391 e. The Labute approximate surface area is 104 Å². The molecule has 102 valence electrons. The summed E-state index contributed by atoms with van der Waals surface area (Å²) in [6.45, 7) is 0. The highest BCUT2D eigenvalue weighted by Gasteiger charge is 2.31. The molecule has 18 heavy (non-hydrogen) atoms. The average Bonchev–Trinajstić information content (AvgIpc) is 2.82. The van der Waals surface area contributed by atoms with Crippen LogP contribution in [0.4, 0.5) is 13.2 Å². The zero-order valence-corrected chi connectivity index (χ0v) is 10.0. The SMILES string of the molecule is OC(Cc1ccn(C2CCCC2)n1)CC(F)(F)F. The van der Waals surface area contributed by atoms with Gasteiger partial charge in [-0.2, -0.15) is 18.3 Å². The van der Waals surface area contributed by atoms with Gasteiger partial charge < -0.3 is 5.11 Å². The summed E-state index contributed by atoms with van der Waals surface area (Å²) in [5.41, 5.74) is 0.527. The summed E-state index contributed by atoms with van der Waals surface area (Å²) >= 11 is 0. The number of alkyl halides is 3. The molecule has 0 bridgehead atoms. The van der Waals surface area contributed by atoms with Crippen LogP contribution >= 0.6 is 0 Å². The van der Waals surface area contributed by atoms with E-state index in [1.165, 1.54) is 12.8 Å². The number of nitrogens with zero attached hydrogens (tertiary/aromatic N) is 2. The van der Waals surface area contributed by atoms with Crippen molar-refractivity contribution in [1.29, 1.82) is 0 Å². The van der Waals surface area contributed by atoms with Gasteiger partial charge in [-0.1, -0.05) is 12.8 Å². The number of halogens is 3. The van der Waals surface area contributed by atoms with E-state index in [1.54, 1.807) is 12.3 Å². The van der Waals surface area contributed by atoms with E-state index in [0.29, 0.717) is 11.7 Å². The number of hydrogen-bond donors (Lipinski definition) is 1. The first-order valence-electron chi connectivity index (χ1n) is 6.23. The van der Waals surface area contributed by atoms with E-state index >= 15 is 0 Å². The Bertz CT molecular complexity index is 383. The van der Waals surface area contributed by atoms with Gasteiger partial charge in [-0.15, -0.1) is 0 Å². The number of rotatable bonds is 4. The largest absolute Gasteiger partial charge is 0.392 e. The summed E-state index contributed by atoms with van der Waals surface area (Å²) in [5, 5.41) is 13.6. The molecular formula is C12H17F3N2O. The molecule has 1 fully saturated rings. The van der Waals surface area contributed by atoms with Crippen molar-refractivity contribution in [3.8, 4) is 0 Å². The molecule has 1 aromatic rings. The fraction of sp³-hybridized carbons (Fsp3) is 0.750. The highest BCUT2D eigenvalue weighted by Crippen LogP contribution is 2.29. The number of aliphatic hydroxyl groups is 1. The van der Waals surface area contributed by atoms with E-state index in [4.69, 9.17) is 0 Å². The predicted octanol–water partition coefficient (Wildman–Crippen LogP) is 2.85. The van der Waals surface area contributed by atoms with Gasteiger partial charge in [0.15, 0.2) is 0 Å². The van der Waals surface area contributed by atoms with Crippen LogP contribution < -0.4 is 0 Å². The fourth-order valence-corrected chi connectivity index (χ4v) is 2.44. The second-order valence-corrected chi connectivity index (χ2v) is 4.90. The van der Waals surface area contributed by atoms with Gasteiger partial charge in [0, 0.05) is 12.6 Å². The van der Waals surface area contributed by atoms with E-state index in [2.05, 4.69) is 5.10 Å². The minimum atomic E-state index is -4.33. The first-order valence-corrected chi connectivity index (χ1v) is 6.23. The van der Waals surface area contributed by atoms with E-state index in [9.17, 15) is 18.3 Å². The quantitative estimate of drug-likeness (QED) is 0.906. The van der Waals surface area contributed by atoms with Crippen LogP contribution in [-0.2, 0) is 6.42 Å². The van der Waals surface area contributed by atoms with Crippen LogP contribution in [-0.4, -0.2) is 27.2 Å². The summed E-state index contributed by atoms with van der Waals surface area (Å²) in [4.78, 5) is 0. The summed E-state index contributed by atoms with van der Waals surface area (Å²) in [6.07, 6.45) is -0.649. The average molecular weight is 262 g/mol. The van der Waals surface area contributed by atoms with Crippen molar-refractivity contribution in [3.05, 3.63) is 18.0 Å². The maximum atomic E-state index is 12.1. The standard InChI is InChI=1S/C12H17F3N2O/c13-12(14,15)8-11(18)7-9-5-6-17(16-9)10-3-1-2-4-10/h5-6,10-11,18H,1-4,7-8H2. The Hall–Kier alpha value is -1.04. The molecule has 0 spiro atoms. The summed E-state index contributed by atoms with van der Waals surface area (Å²) in [5.74, 6) is 0.